The molecule has 7 heteroatoms. The number of piperazine rings is 1. The predicted molar refractivity (Wildman–Crippen MR) is 77.0 cm³/mol. The number of sulfone groups is 1. The normalized spacial score (nSPS) is 27.6. The highest BCUT2D eigenvalue weighted by Gasteiger charge is 2.46. The summed E-state index contributed by atoms with van der Waals surface area (Å²) in [7, 11) is -3.17. The van der Waals surface area contributed by atoms with Crippen molar-refractivity contribution < 1.29 is 18.0 Å². The molecule has 2 unspecified atom stereocenters. The Hall–Kier alpha value is -1.11. The van der Waals surface area contributed by atoms with Crippen LogP contribution < -0.4 is 5.32 Å². The van der Waals surface area contributed by atoms with Gasteiger partial charge in [-0.1, -0.05) is 13.8 Å². The third-order valence-corrected chi connectivity index (χ3v) is 5.73. The Labute approximate surface area is 120 Å². The lowest BCUT2D eigenvalue weighted by molar-refractivity contribution is -0.155. The molecule has 0 aromatic rings. The van der Waals surface area contributed by atoms with E-state index in [1.165, 1.54) is 4.90 Å². The van der Waals surface area contributed by atoms with Crippen molar-refractivity contribution in [3.63, 3.8) is 0 Å². The summed E-state index contributed by atoms with van der Waals surface area (Å²) in [6.45, 7) is 6.98. The van der Waals surface area contributed by atoms with Crippen molar-refractivity contribution in [3.05, 3.63) is 0 Å². The Kier molecular flexibility index (Phi) is 5.18. The third kappa shape index (κ3) is 3.31. The molecule has 1 fully saturated rings. The molecule has 20 heavy (non-hydrogen) atoms. The number of carbonyl (C=O) groups is 2. The van der Waals surface area contributed by atoms with Crippen LogP contribution in [0.1, 0.15) is 40.5 Å². The van der Waals surface area contributed by atoms with Crippen molar-refractivity contribution in [3.8, 4) is 0 Å². The van der Waals surface area contributed by atoms with E-state index in [0.717, 1.165) is 0 Å². The van der Waals surface area contributed by atoms with E-state index in [9.17, 15) is 18.0 Å². The SMILES string of the molecule is CCCS(=O)(=O)CCN1C(=O)C(C)NC(=O)C1(C)CC. The van der Waals surface area contributed by atoms with Crippen molar-refractivity contribution in [2.45, 2.75) is 52.1 Å². The van der Waals surface area contributed by atoms with Crippen LogP contribution in [0, 0.1) is 0 Å². The summed E-state index contributed by atoms with van der Waals surface area (Å²) in [4.78, 5) is 25.8. The number of carbonyl (C=O) groups excluding carboxylic acids is 2. The second kappa shape index (κ2) is 6.11. The standard InChI is InChI=1S/C13H24N2O4S/c1-5-8-20(18,19)9-7-15-11(16)10(3)14-12(17)13(15,4)6-2/h10H,5-9H2,1-4H3,(H,14,17). The van der Waals surface area contributed by atoms with Crippen LogP contribution in [-0.4, -0.2) is 54.8 Å². The van der Waals surface area contributed by atoms with E-state index in [1.54, 1.807) is 20.8 Å². The molecule has 1 rings (SSSR count). The number of rotatable bonds is 6. The van der Waals surface area contributed by atoms with Crippen LogP contribution in [-0.2, 0) is 19.4 Å². The van der Waals surface area contributed by atoms with Crippen molar-refractivity contribution in [2.75, 3.05) is 18.1 Å². The average Bonchev–Trinajstić information content (AvgIpc) is 2.36. The van der Waals surface area contributed by atoms with Crippen molar-refractivity contribution in [2.24, 2.45) is 0 Å². The van der Waals surface area contributed by atoms with Gasteiger partial charge in [0.1, 0.15) is 11.6 Å². The Bertz CT molecular complexity index is 489. The van der Waals surface area contributed by atoms with Crippen molar-refractivity contribution >= 4 is 21.7 Å². The molecule has 2 amide bonds. The average molecular weight is 304 g/mol. The van der Waals surface area contributed by atoms with Gasteiger partial charge in [0.2, 0.25) is 11.8 Å². The first-order valence-electron chi connectivity index (χ1n) is 7.00. The van der Waals surface area contributed by atoms with Gasteiger partial charge in [-0.25, -0.2) is 8.42 Å². The number of hydrogen-bond donors (Lipinski definition) is 1. The summed E-state index contributed by atoms with van der Waals surface area (Å²) < 4.78 is 23.6. The molecule has 2 atom stereocenters. The topological polar surface area (TPSA) is 83.6 Å². The van der Waals surface area contributed by atoms with Crippen LogP contribution >= 0.6 is 0 Å². The fraction of sp³-hybridized carbons (Fsp3) is 0.846. The Morgan fingerprint density at radius 2 is 1.85 bits per heavy atom. The van der Waals surface area contributed by atoms with Gasteiger partial charge in [-0.15, -0.1) is 0 Å². The van der Waals surface area contributed by atoms with Gasteiger partial charge in [-0.2, -0.15) is 0 Å². The maximum absolute atomic E-state index is 12.2. The van der Waals surface area contributed by atoms with Gasteiger partial charge in [-0.05, 0) is 26.7 Å². The van der Waals surface area contributed by atoms with E-state index in [4.69, 9.17) is 0 Å². The molecule has 0 bridgehead atoms. The minimum atomic E-state index is -3.17. The van der Waals surface area contributed by atoms with Crippen LogP contribution in [0.5, 0.6) is 0 Å². The fourth-order valence-electron chi connectivity index (χ4n) is 2.37. The summed E-state index contributed by atoms with van der Waals surface area (Å²) in [5.74, 6) is -0.428. The molecule has 1 aliphatic rings. The van der Waals surface area contributed by atoms with E-state index in [0.29, 0.717) is 12.8 Å². The Balaban J connectivity index is 2.93. The highest BCUT2D eigenvalue weighted by molar-refractivity contribution is 7.91. The maximum atomic E-state index is 12.2. The monoisotopic (exact) mass is 304 g/mol. The summed E-state index contributed by atoms with van der Waals surface area (Å²) >= 11 is 0. The second-order valence-electron chi connectivity index (χ2n) is 5.46. The maximum Gasteiger partial charge on any atom is 0.246 e. The van der Waals surface area contributed by atoms with Gasteiger partial charge < -0.3 is 10.2 Å². The summed E-state index contributed by atoms with van der Waals surface area (Å²) in [6, 6.07) is -0.601. The van der Waals surface area contributed by atoms with E-state index in [2.05, 4.69) is 5.32 Å². The van der Waals surface area contributed by atoms with Crippen molar-refractivity contribution in [1.29, 1.82) is 0 Å². The zero-order valence-corrected chi connectivity index (χ0v) is 13.4. The van der Waals surface area contributed by atoms with Crippen LogP contribution in [0.2, 0.25) is 0 Å². The third-order valence-electron chi connectivity index (χ3n) is 3.90. The number of hydrogen-bond acceptors (Lipinski definition) is 4. The van der Waals surface area contributed by atoms with Crippen LogP contribution in [0.4, 0.5) is 0 Å². The van der Waals surface area contributed by atoms with Crippen LogP contribution in [0.25, 0.3) is 0 Å². The number of nitrogens with zero attached hydrogens (tertiary/aromatic N) is 1. The minimum Gasteiger partial charge on any atom is -0.343 e. The Morgan fingerprint density at radius 1 is 1.25 bits per heavy atom. The first kappa shape index (κ1) is 16.9. The molecule has 0 radical (unpaired) electrons. The summed E-state index contributed by atoms with van der Waals surface area (Å²) in [5.41, 5.74) is -0.967. The van der Waals surface area contributed by atoms with E-state index in [-0.39, 0.29) is 29.9 Å². The molecular formula is C13H24N2O4S. The van der Waals surface area contributed by atoms with E-state index < -0.39 is 21.4 Å². The summed E-state index contributed by atoms with van der Waals surface area (Å²) in [6.07, 6.45) is 1.00. The highest BCUT2D eigenvalue weighted by Crippen LogP contribution is 2.24. The first-order chi connectivity index (χ1) is 9.18. The molecule has 1 saturated heterocycles. The predicted octanol–water partition coefficient (Wildman–Crippen LogP) is 0.327. The molecule has 0 saturated carbocycles. The zero-order chi connectivity index (χ0) is 15.6. The minimum absolute atomic E-state index is 0.0727. The molecule has 1 N–H and O–H groups in total. The van der Waals surface area contributed by atoms with Gasteiger partial charge in [0.25, 0.3) is 0 Å². The fourth-order valence-corrected chi connectivity index (χ4v) is 3.65. The lowest BCUT2D eigenvalue weighted by Gasteiger charge is -2.45. The molecule has 1 aliphatic heterocycles. The molecular weight excluding hydrogens is 280 g/mol. The molecule has 0 aromatic carbocycles. The van der Waals surface area contributed by atoms with Crippen LogP contribution in [0.3, 0.4) is 0 Å². The first-order valence-corrected chi connectivity index (χ1v) is 8.83. The molecule has 0 aliphatic carbocycles. The number of nitrogens with one attached hydrogen (secondary N) is 1. The lowest BCUT2D eigenvalue weighted by Crippen LogP contribution is -2.69. The lowest BCUT2D eigenvalue weighted by atomic mass is 9.91. The quantitative estimate of drug-likeness (QED) is 0.766. The van der Waals surface area contributed by atoms with Gasteiger partial charge >= 0.3 is 0 Å². The smallest absolute Gasteiger partial charge is 0.246 e. The van der Waals surface area contributed by atoms with Gasteiger partial charge in [-0.3, -0.25) is 9.59 Å². The van der Waals surface area contributed by atoms with Gasteiger partial charge in [0, 0.05) is 12.3 Å². The molecule has 0 spiro atoms. The number of amides is 2. The van der Waals surface area contributed by atoms with Crippen molar-refractivity contribution in [1.82, 2.24) is 10.2 Å². The Morgan fingerprint density at radius 3 is 2.35 bits per heavy atom. The summed E-state index contributed by atoms with van der Waals surface area (Å²) in [5, 5.41) is 2.64. The molecule has 0 aromatic heterocycles. The zero-order valence-electron chi connectivity index (χ0n) is 12.6. The van der Waals surface area contributed by atoms with E-state index >= 15 is 0 Å². The largest absolute Gasteiger partial charge is 0.343 e. The highest BCUT2D eigenvalue weighted by atomic mass is 32.2. The molecule has 116 valence electrons. The molecule has 1 heterocycles. The van der Waals surface area contributed by atoms with Gasteiger partial charge in [0.05, 0.1) is 5.75 Å². The van der Waals surface area contributed by atoms with E-state index in [1.807, 2.05) is 6.92 Å². The molecule has 6 nitrogen and oxygen atoms in total. The second-order valence-corrected chi connectivity index (χ2v) is 7.77. The van der Waals surface area contributed by atoms with Crippen LogP contribution in [0.15, 0.2) is 0 Å². The van der Waals surface area contributed by atoms with Gasteiger partial charge in [0.15, 0.2) is 9.84 Å².